The molecule has 5 heteroatoms. The smallest absolute Gasteiger partial charge is 0.412 e. The zero-order valence-electron chi connectivity index (χ0n) is 12.0. The Bertz CT molecular complexity index is 518. The molecule has 4 nitrogen and oxygen atoms in total. The van der Waals surface area contributed by atoms with Gasteiger partial charge in [-0.3, -0.25) is 5.32 Å². The number of benzene rings is 1. The largest absolute Gasteiger partial charge is 0.444 e. The van der Waals surface area contributed by atoms with Gasteiger partial charge in [-0.25, -0.2) is 9.18 Å². The second kappa shape index (κ2) is 5.05. The molecule has 0 atom stereocenters. The Morgan fingerprint density at radius 2 is 2.10 bits per heavy atom. The molecule has 1 amide bonds. The lowest BCUT2D eigenvalue weighted by atomic mass is 10.1. The van der Waals surface area contributed by atoms with Gasteiger partial charge < -0.3 is 9.84 Å². The predicted octanol–water partition coefficient (Wildman–Crippen LogP) is 3.24. The van der Waals surface area contributed by atoms with Crippen LogP contribution in [0.5, 0.6) is 0 Å². The Hall–Kier alpha value is -1.62. The standard InChI is InChI=1S/C15H20FNO3/c1-14(2,3)20-13(18)17-11-5-4-10(12(16)8-11)9-15(19)6-7-15/h4-5,8,19H,6-7,9H2,1-3H3,(H,17,18). The van der Waals surface area contributed by atoms with E-state index in [0.717, 1.165) is 0 Å². The minimum Gasteiger partial charge on any atom is -0.444 e. The molecular weight excluding hydrogens is 261 g/mol. The molecule has 0 aromatic heterocycles. The average molecular weight is 281 g/mol. The molecule has 1 aliphatic rings. The number of halogens is 1. The summed E-state index contributed by atoms with van der Waals surface area (Å²) in [6.45, 7) is 5.27. The van der Waals surface area contributed by atoms with Crippen molar-refractivity contribution >= 4 is 11.8 Å². The first kappa shape index (κ1) is 14.8. The van der Waals surface area contributed by atoms with Gasteiger partial charge in [-0.1, -0.05) is 6.07 Å². The van der Waals surface area contributed by atoms with Gasteiger partial charge in [0.05, 0.1) is 5.60 Å². The number of nitrogens with one attached hydrogen (secondary N) is 1. The van der Waals surface area contributed by atoms with Crippen molar-refractivity contribution in [2.24, 2.45) is 0 Å². The molecule has 0 bridgehead atoms. The fourth-order valence-corrected chi connectivity index (χ4v) is 1.87. The first-order valence-electron chi connectivity index (χ1n) is 6.68. The van der Waals surface area contributed by atoms with Gasteiger partial charge in [-0.2, -0.15) is 0 Å². The Balaban J connectivity index is 2.00. The van der Waals surface area contributed by atoms with E-state index in [1.807, 2.05) is 0 Å². The van der Waals surface area contributed by atoms with Crippen molar-refractivity contribution in [1.29, 1.82) is 0 Å². The summed E-state index contributed by atoms with van der Waals surface area (Å²) in [5.74, 6) is -0.432. The van der Waals surface area contributed by atoms with Crippen LogP contribution >= 0.6 is 0 Å². The average Bonchev–Trinajstić information content (AvgIpc) is 2.98. The third-order valence-corrected chi connectivity index (χ3v) is 3.05. The van der Waals surface area contributed by atoms with Crippen LogP contribution in [0, 0.1) is 5.82 Å². The normalized spacial score (nSPS) is 16.6. The van der Waals surface area contributed by atoms with Gasteiger partial charge in [0, 0.05) is 12.1 Å². The van der Waals surface area contributed by atoms with Crippen LogP contribution in [0.15, 0.2) is 18.2 Å². The minimum atomic E-state index is -0.735. The monoisotopic (exact) mass is 281 g/mol. The fourth-order valence-electron chi connectivity index (χ4n) is 1.87. The zero-order chi connectivity index (χ0) is 15.0. The van der Waals surface area contributed by atoms with Gasteiger partial charge in [0.2, 0.25) is 0 Å². The van der Waals surface area contributed by atoms with E-state index in [4.69, 9.17) is 4.74 Å². The number of hydrogen-bond donors (Lipinski definition) is 2. The van der Waals surface area contributed by atoms with Crippen LogP contribution in [-0.4, -0.2) is 22.4 Å². The Labute approximate surface area is 117 Å². The second-order valence-corrected chi connectivity index (χ2v) is 6.33. The molecule has 0 unspecified atom stereocenters. The quantitative estimate of drug-likeness (QED) is 0.894. The SMILES string of the molecule is CC(C)(C)OC(=O)Nc1ccc(CC2(O)CC2)c(F)c1. The van der Waals surface area contributed by atoms with Crippen molar-refractivity contribution in [3.8, 4) is 0 Å². The van der Waals surface area contributed by atoms with Crippen LogP contribution < -0.4 is 5.32 Å². The molecule has 0 saturated heterocycles. The molecule has 110 valence electrons. The maximum Gasteiger partial charge on any atom is 0.412 e. The van der Waals surface area contributed by atoms with Crippen molar-refractivity contribution in [3.05, 3.63) is 29.6 Å². The number of anilines is 1. The number of amides is 1. The summed E-state index contributed by atoms with van der Waals surface area (Å²) in [4.78, 5) is 11.6. The van der Waals surface area contributed by atoms with Crippen molar-refractivity contribution in [3.63, 3.8) is 0 Å². The molecule has 2 N–H and O–H groups in total. The van der Waals surface area contributed by atoms with Crippen LogP contribution in [-0.2, 0) is 11.2 Å². The molecule has 20 heavy (non-hydrogen) atoms. The minimum absolute atomic E-state index is 0.311. The highest BCUT2D eigenvalue weighted by atomic mass is 19.1. The van der Waals surface area contributed by atoms with E-state index in [-0.39, 0.29) is 0 Å². The summed E-state index contributed by atoms with van der Waals surface area (Å²) >= 11 is 0. The summed E-state index contributed by atoms with van der Waals surface area (Å²) in [5.41, 5.74) is -0.540. The van der Waals surface area contributed by atoms with Crippen molar-refractivity contribution < 1.29 is 19.0 Å². The first-order chi connectivity index (χ1) is 9.17. The highest BCUT2D eigenvalue weighted by Gasteiger charge is 2.40. The van der Waals surface area contributed by atoms with E-state index >= 15 is 0 Å². The molecule has 1 aromatic carbocycles. The lowest BCUT2D eigenvalue weighted by Crippen LogP contribution is -2.27. The topological polar surface area (TPSA) is 58.6 Å². The van der Waals surface area contributed by atoms with E-state index in [9.17, 15) is 14.3 Å². The lowest BCUT2D eigenvalue weighted by Gasteiger charge is -2.19. The maximum atomic E-state index is 13.9. The molecule has 2 rings (SSSR count). The van der Waals surface area contributed by atoms with Crippen LogP contribution in [0.25, 0.3) is 0 Å². The molecule has 1 fully saturated rings. The summed E-state index contributed by atoms with van der Waals surface area (Å²) < 4.78 is 19.0. The van der Waals surface area contributed by atoms with Crippen molar-refractivity contribution in [2.75, 3.05) is 5.32 Å². The van der Waals surface area contributed by atoms with Crippen LogP contribution in [0.1, 0.15) is 39.2 Å². The highest BCUT2D eigenvalue weighted by Crippen LogP contribution is 2.38. The van der Waals surface area contributed by atoms with Crippen LogP contribution in [0.3, 0.4) is 0 Å². The molecule has 1 saturated carbocycles. The number of carbonyl (C=O) groups excluding carboxylic acids is 1. The van der Waals surface area contributed by atoms with Gasteiger partial charge in [-0.15, -0.1) is 0 Å². The molecule has 0 heterocycles. The van der Waals surface area contributed by atoms with Gasteiger partial charge in [0.15, 0.2) is 0 Å². The van der Waals surface area contributed by atoms with E-state index in [1.54, 1.807) is 32.9 Å². The Morgan fingerprint density at radius 3 is 2.60 bits per heavy atom. The Morgan fingerprint density at radius 1 is 1.45 bits per heavy atom. The summed E-state index contributed by atoms with van der Waals surface area (Å²) in [7, 11) is 0. The van der Waals surface area contributed by atoms with Gasteiger partial charge in [0.25, 0.3) is 0 Å². The molecule has 1 aliphatic carbocycles. The molecular formula is C15H20FNO3. The lowest BCUT2D eigenvalue weighted by molar-refractivity contribution is 0.0636. The molecule has 0 spiro atoms. The van der Waals surface area contributed by atoms with E-state index in [0.29, 0.717) is 30.5 Å². The maximum absolute atomic E-state index is 13.9. The Kier molecular flexibility index (Phi) is 3.73. The van der Waals surface area contributed by atoms with E-state index < -0.39 is 23.1 Å². The number of rotatable bonds is 3. The van der Waals surface area contributed by atoms with E-state index in [1.165, 1.54) is 6.07 Å². The third kappa shape index (κ3) is 4.20. The number of ether oxygens (including phenoxy) is 1. The third-order valence-electron chi connectivity index (χ3n) is 3.05. The van der Waals surface area contributed by atoms with Crippen molar-refractivity contribution in [2.45, 2.75) is 51.2 Å². The van der Waals surface area contributed by atoms with Crippen LogP contribution in [0.2, 0.25) is 0 Å². The predicted molar refractivity (Wildman–Crippen MR) is 74.1 cm³/mol. The molecule has 0 radical (unpaired) electrons. The number of aliphatic hydroxyl groups is 1. The first-order valence-corrected chi connectivity index (χ1v) is 6.68. The number of hydrogen-bond acceptors (Lipinski definition) is 3. The van der Waals surface area contributed by atoms with Crippen LogP contribution in [0.4, 0.5) is 14.9 Å². The van der Waals surface area contributed by atoms with Gasteiger partial charge >= 0.3 is 6.09 Å². The summed E-state index contributed by atoms with van der Waals surface area (Å²) in [6.07, 6.45) is 1.12. The molecule has 0 aliphatic heterocycles. The van der Waals surface area contributed by atoms with Gasteiger partial charge in [-0.05, 0) is 51.3 Å². The zero-order valence-corrected chi connectivity index (χ0v) is 12.0. The highest BCUT2D eigenvalue weighted by molar-refractivity contribution is 5.84. The summed E-state index contributed by atoms with van der Waals surface area (Å²) in [5, 5.41) is 12.3. The molecule has 1 aromatic rings. The van der Waals surface area contributed by atoms with Gasteiger partial charge in [0.1, 0.15) is 11.4 Å². The number of carbonyl (C=O) groups is 1. The second-order valence-electron chi connectivity index (χ2n) is 6.33. The van der Waals surface area contributed by atoms with Crippen molar-refractivity contribution in [1.82, 2.24) is 0 Å². The van der Waals surface area contributed by atoms with E-state index in [2.05, 4.69) is 5.32 Å². The summed E-state index contributed by atoms with van der Waals surface area (Å²) in [6, 6.07) is 4.43. The fraction of sp³-hybridized carbons (Fsp3) is 0.533.